The molecule has 0 amide bonds. The van der Waals surface area contributed by atoms with E-state index in [-0.39, 0.29) is 11.4 Å². The molecule has 0 aliphatic heterocycles. The van der Waals surface area contributed by atoms with Gasteiger partial charge in [-0.2, -0.15) is 0 Å². The van der Waals surface area contributed by atoms with Crippen LogP contribution < -0.4 is 0 Å². The standard InChI is InChI=1S/C16H14F2N2/c1-2-12(10-6-4-3-5-7-10)16-19-14-9-11(17)8-13(18)15(14)20-16/h3-9,12H,2H2,1H3,(H,19,20). The lowest BCUT2D eigenvalue weighted by molar-refractivity contribution is 0.590. The number of nitrogens with zero attached hydrogens (tertiary/aromatic N) is 1. The number of hydrogen-bond acceptors (Lipinski definition) is 1. The van der Waals surface area contributed by atoms with Crippen LogP contribution in [0.25, 0.3) is 11.0 Å². The molecule has 0 aliphatic carbocycles. The van der Waals surface area contributed by atoms with Gasteiger partial charge < -0.3 is 4.98 Å². The molecule has 1 heterocycles. The van der Waals surface area contributed by atoms with Gasteiger partial charge >= 0.3 is 0 Å². The third kappa shape index (κ3) is 2.18. The Balaban J connectivity index is 2.11. The van der Waals surface area contributed by atoms with Gasteiger partial charge in [-0.15, -0.1) is 0 Å². The molecule has 2 nitrogen and oxygen atoms in total. The van der Waals surface area contributed by atoms with Crippen molar-refractivity contribution in [2.24, 2.45) is 0 Å². The van der Waals surface area contributed by atoms with Gasteiger partial charge in [-0.25, -0.2) is 13.8 Å². The third-order valence-electron chi connectivity index (χ3n) is 3.46. The summed E-state index contributed by atoms with van der Waals surface area (Å²) in [6.07, 6.45) is 0.827. The summed E-state index contributed by atoms with van der Waals surface area (Å²) < 4.78 is 26.9. The average Bonchev–Trinajstić information content (AvgIpc) is 2.84. The summed E-state index contributed by atoms with van der Waals surface area (Å²) in [5.74, 6) is -0.521. The number of benzene rings is 2. The summed E-state index contributed by atoms with van der Waals surface area (Å²) in [5.41, 5.74) is 1.69. The molecule has 20 heavy (non-hydrogen) atoms. The second-order valence-corrected chi connectivity index (χ2v) is 4.78. The Morgan fingerprint density at radius 3 is 2.60 bits per heavy atom. The van der Waals surface area contributed by atoms with Crippen molar-refractivity contribution in [3.8, 4) is 0 Å². The second kappa shape index (κ2) is 5.04. The topological polar surface area (TPSA) is 28.7 Å². The lowest BCUT2D eigenvalue weighted by atomic mass is 9.96. The van der Waals surface area contributed by atoms with Crippen molar-refractivity contribution in [1.29, 1.82) is 0 Å². The van der Waals surface area contributed by atoms with E-state index in [1.54, 1.807) is 0 Å². The van der Waals surface area contributed by atoms with Gasteiger partial charge in [0.05, 0.1) is 5.52 Å². The number of hydrogen-bond donors (Lipinski definition) is 1. The number of fused-ring (bicyclic) bond motifs is 1. The van der Waals surface area contributed by atoms with Crippen LogP contribution in [-0.4, -0.2) is 9.97 Å². The normalized spacial score (nSPS) is 12.8. The second-order valence-electron chi connectivity index (χ2n) is 4.78. The van der Waals surface area contributed by atoms with E-state index >= 15 is 0 Å². The molecule has 0 radical (unpaired) electrons. The van der Waals surface area contributed by atoms with Crippen molar-refractivity contribution in [2.45, 2.75) is 19.3 Å². The predicted octanol–water partition coefficient (Wildman–Crippen LogP) is 4.38. The highest BCUT2D eigenvalue weighted by Gasteiger charge is 2.18. The molecular formula is C16H14F2N2. The Labute approximate surface area is 115 Å². The number of H-pyrrole nitrogens is 1. The van der Waals surface area contributed by atoms with Crippen LogP contribution >= 0.6 is 0 Å². The monoisotopic (exact) mass is 272 g/mol. The van der Waals surface area contributed by atoms with Gasteiger partial charge in [0, 0.05) is 12.0 Å². The minimum absolute atomic E-state index is 0.0473. The van der Waals surface area contributed by atoms with Crippen LogP contribution in [0.4, 0.5) is 8.78 Å². The van der Waals surface area contributed by atoms with Crippen molar-refractivity contribution in [1.82, 2.24) is 9.97 Å². The number of rotatable bonds is 3. The molecule has 1 atom stereocenters. The number of aromatic amines is 1. The molecule has 3 aromatic rings. The van der Waals surface area contributed by atoms with E-state index in [4.69, 9.17) is 0 Å². The lowest BCUT2D eigenvalue weighted by Crippen LogP contribution is -2.01. The molecule has 1 unspecified atom stereocenters. The van der Waals surface area contributed by atoms with Gasteiger partial charge in [-0.1, -0.05) is 37.3 Å². The highest BCUT2D eigenvalue weighted by molar-refractivity contribution is 5.76. The summed E-state index contributed by atoms with van der Waals surface area (Å²) >= 11 is 0. The molecule has 0 saturated heterocycles. The van der Waals surface area contributed by atoms with Crippen LogP contribution in [0.2, 0.25) is 0 Å². The van der Waals surface area contributed by atoms with Gasteiger partial charge in [0.15, 0.2) is 5.82 Å². The number of imidazole rings is 1. The fourth-order valence-electron chi connectivity index (χ4n) is 2.50. The quantitative estimate of drug-likeness (QED) is 0.753. The maximum absolute atomic E-state index is 13.7. The van der Waals surface area contributed by atoms with Gasteiger partial charge in [-0.3, -0.25) is 0 Å². The highest BCUT2D eigenvalue weighted by atomic mass is 19.1. The number of aromatic nitrogens is 2. The molecule has 0 spiro atoms. The minimum atomic E-state index is -0.634. The molecule has 3 rings (SSSR count). The van der Waals surface area contributed by atoms with Crippen LogP contribution in [-0.2, 0) is 0 Å². The molecule has 0 saturated carbocycles. The van der Waals surface area contributed by atoms with Crippen molar-refractivity contribution >= 4 is 11.0 Å². The Morgan fingerprint density at radius 1 is 1.15 bits per heavy atom. The molecule has 102 valence electrons. The molecule has 2 aromatic carbocycles. The Hall–Kier alpha value is -2.23. The van der Waals surface area contributed by atoms with E-state index in [9.17, 15) is 8.78 Å². The zero-order valence-corrected chi connectivity index (χ0v) is 11.0. The zero-order valence-electron chi connectivity index (χ0n) is 11.0. The smallest absolute Gasteiger partial charge is 0.153 e. The lowest BCUT2D eigenvalue weighted by Gasteiger charge is -2.12. The molecule has 0 bridgehead atoms. The Bertz CT molecular complexity index is 735. The first-order valence-electron chi connectivity index (χ1n) is 6.58. The Kier molecular flexibility index (Phi) is 3.22. The van der Waals surface area contributed by atoms with Crippen molar-refractivity contribution in [3.05, 3.63) is 65.5 Å². The SMILES string of the molecule is CCC(c1ccccc1)c1nc2c(F)cc(F)cc2[nH]1. The van der Waals surface area contributed by atoms with E-state index in [0.717, 1.165) is 18.1 Å². The third-order valence-corrected chi connectivity index (χ3v) is 3.46. The molecule has 4 heteroatoms. The van der Waals surface area contributed by atoms with Gasteiger partial charge in [0.1, 0.15) is 17.2 Å². The largest absolute Gasteiger partial charge is 0.341 e. The first-order valence-corrected chi connectivity index (χ1v) is 6.58. The minimum Gasteiger partial charge on any atom is -0.341 e. The predicted molar refractivity (Wildman–Crippen MR) is 74.6 cm³/mol. The van der Waals surface area contributed by atoms with Gasteiger partial charge in [0.25, 0.3) is 0 Å². The fourth-order valence-corrected chi connectivity index (χ4v) is 2.50. The van der Waals surface area contributed by atoms with Gasteiger partial charge in [0.2, 0.25) is 0 Å². The number of halogens is 2. The van der Waals surface area contributed by atoms with E-state index < -0.39 is 11.6 Å². The summed E-state index contributed by atoms with van der Waals surface area (Å²) in [4.78, 5) is 7.34. The molecule has 0 fully saturated rings. The van der Waals surface area contributed by atoms with E-state index in [1.165, 1.54) is 6.07 Å². The maximum atomic E-state index is 13.7. The summed E-state index contributed by atoms with van der Waals surface area (Å²) in [6, 6.07) is 12.0. The van der Waals surface area contributed by atoms with E-state index in [0.29, 0.717) is 11.3 Å². The summed E-state index contributed by atoms with van der Waals surface area (Å²) in [6.45, 7) is 2.04. The Morgan fingerprint density at radius 2 is 1.90 bits per heavy atom. The van der Waals surface area contributed by atoms with Crippen molar-refractivity contribution < 1.29 is 8.78 Å². The van der Waals surface area contributed by atoms with Crippen LogP contribution in [0.15, 0.2) is 42.5 Å². The zero-order chi connectivity index (χ0) is 14.1. The molecule has 1 N–H and O–H groups in total. The molecule has 0 aliphatic rings. The van der Waals surface area contributed by atoms with Crippen LogP contribution in [0.1, 0.15) is 30.7 Å². The van der Waals surface area contributed by atoms with Crippen LogP contribution in [0, 0.1) is 11.6 Å². The summed E-state index contributed by atoms with van der Waals surface area (Å²) in [5, 5.41) is 0. The fraction of sp³-hybridized carbons (Fsp3) is 0.188. The molecule has 1 aromatic heterocycles. The first kappa shape index (κ1) is 12.8. The highest BCUT2D eigenvalue weighted by Crippen LogP contribution is 2.28. The average molecular weight is 272 g/mol. The van der Waals surface area contributed by atoms with E-state index in [1.807, 2.05) is 37.3 Å². The maximum Gasteiger partial charge on any atom is 0.153 e. The van der Waals surface area contributed by atoms with Gasteiger partial charge in [-0.05, 0) is 18.1 Å². The first-order chi connectivity index (χ1) is 9.69. The van der Waals surface area contributed by atoms with E-state index in [2.05, 4.69) is 9.97 Å². The molecular weight excluding hydrogens is 258 g/mol. The van der Waals surface area contributed by atoms with Crippen molar-refractivity contribution in [2.75, 3.05) is 0 Å². The van der Waals surface area contributed by atoms with Crippen molar-refractivity contribution in [3.63, 3.8) is 0 Å². The van der Waals surface area contributed by atoms with Crippen LogP contribution in [0.3, 0.4) is 0 Å². The van der Waals surface area contributed by atoms with Crippen LogP contribution in [0.5, 0.6) is 0 Å². The number of nitrogens with one attached hydrogen (secondary N) is 1. The summed E-state index contributed by atoms with van der Waals surface area (Å²) in [7, 11) is 0.